The topological polar surface area (TPSA) is 104 Å². The molecule has 0 bridgehead atoms. The smallest absolute Gasteiger partial charge is 0.303 e. The van der Waals surface area contributed by atoms with Gasteiger partial charge in [0.1, 0.15) is 5.82 Å². The number of carbonyl (C=O) groups is 2. The summed E-state index contributed by atoms with van der Waals surface area (Å²) in [5, 5.41) is 8.50. The molecule has 0 spiro atoms. The van der Waals surface area contributed by atoms with Crippen molar-refractivity contribution in [2.75, 3.05) is 16.4 Å². The first kappa shape index (κ1) is 19.1. The molecule has 2 aliphatic rings. The van der Waals surface area contributed by atoms with Crippen LogP contribution in [0, 0.1) is 5.82 Å². The molecule has 0 aliphatic carbocycles. The summed E-state index contributed by atoms with van der Waals surface area (Å²) in [5.74, 6) is -2.60. The van der Waals surface area contributed by atoms with E-state index in [0.717, 1.165) is 17.8 Å². The van der Waals surface area contributed by atoms with Gasteiger partial charge in [0, 0.05) is 17.4 Å². The Morgan fingerprint density at radius 2 is 2.08 bits per heavy atom. The highest BCUT2D eigenvalue weighted by Gasteiger charge is 2.49. The predicted octanol–water partition coefficient (Wildman–Crippen LogP) is 1.95. The van der Waals surface area contributed by atoms with Crippen molar-refractivity contribution in [1.82, 2.24) is 0 Å². The Bertz CT molecular complexity index is 905. The van der Waals surface area contributed by atoms with Crippen molar-refractivity contribution in [3.8, 4) is 0 Å². The molecule has 0 saturated carbocycles. The number of hydrogen-bond acceptors (Lipinski definition) is 5. The highest BCUT2D eigenvalue weighted by atomic mass is 35.5. The molecule has 3 rings (SSSR count). The van der Waals surface area contributed by atoms with Gasteiger partial charge in [0.05, 0.1) is 29.0 Å². The molecule has 0 radical (unpaired) electrons. The van der Waals surface area contributed by atoms with E-state index < -0.39 is 33.6 Å². The number of thioether (sulfide) groups is 1. The molecule has 2 heterocycles. The number of aliphatic imine (C=N–C) groups is 1. The van der Waals surface area contributed by atoms with E-state index in [0.29, 0.717) is 5.69 Å². The third-order valence-electron chi connectivity index (χ3n) is 4.02. The summed E-state index contributed by atoms with van der Waals surface area (Å²) in [6.07, 6.45) is -0.618. The summed E-state index contributed by atoms with van der Waals surface area (Å²) >= 11 is 6.83. The van der Waals surface area contributed by atoms with Gasteiger partial charge in [-0.05, 0) is 18.2 Å². The van der Waals surface area contributed by atoms with Crippen LogP contribution in [0.1, 0.15) is 12.8 Å². The minimum Gasteiger partial charge on any atom is -0.481 e. The molecule has 1 aromatic rings. The maximum Gasteiger partial charge on any atom is 0.303 e. The van der Waals surface area contributed by atoms with Crippen LogP contribution in [-0.4, -0.2) is 53.4 Å². The van der Waals surface area contributed by atoms with Gasteiger partial charge in [-0.25, -0.2) is 12.8 Å². The summed E-state index contributed by atoms with van der Waals surface area (Å²) in [7, 11) is -3.24. The number of amides is 1. The number of fused-ring (bicyclic) bond motifs is 1. The van der Waals surface area contributed by atoms with Crippen molar-refractivity contribution >= 4 is 55.9 Å². The average Bonchev–Trinajstić information content (AvgIpc) is 2.99. The number of carboxylic acids is 1. The van der Waals surface area contributed by atoms with Crippen LogP contribution in [-0.2, 0) is 19.4 Å². The van der Waals surface area contributed by atoms with Gasteiger partial charge in [-0.2, -0.15) is 4.99 Å². The number of rotatable bonds is 4. The van der Waals surface area contributed by atoms with Crippen LogP contribution >= 0.6 is 23.4 Å². The third-order valence-corrected chi connectivity index (χ3v) is 7.54. The Kier molecular flexibility index (Phi) is 5.27. The standard InChI is InChI=1S/C15H14ClFN2O5S2/c16-9-2-1-8(5-10(9)17)19-11-6-26(23,24)7-12(11)25-15(19)18-13(20)3-4-14(21)22/h1-2,5,11-12H,3-4,6-7H2,(H,21,22)/t11-,12+/m1/s1. The molecule has 26 heavy (non-hydrogen) atoms. The molecule has 2 atom stereocenters. The normalized spacial score (nSPS) is 25.5. The first-order chi connectivity index (χ1) is 12.2. The number of halogens is 2. The minimum atomic E-state index is -3.24. The summed E-state index contributed by atoms with van der Waals surface area (Å²) in [5.41, 5.74) is 0.341. The highest BCUT2D eigenvalue weighted by molar-refractivity contribution is 8.16. The quantitative estimate of drug-likeness (QED) is 0.793. The van der Waals surface area contributed by atoms with Crippen LogP contribution in [0.2, 0.25) is 5.02 Å². The molecule has 0 aromatic heterocycles. The van der Waals surface area contributed by atoms with E-state index in [4.69, 9.17) is 16.7 Å². The van der Waals surface area contributed by atoms with Crippen molar-refractivity contribution < 1.29 is 27.5 Å². The van der Waals surface area contributed by atoms with Crippen molar-refractivity contribution in [1.29, 1.82) is 0 Å². The Morgan fingerprint density at radius 3 is 2.73 bits per heavy atom. The zero-order chi connectivity index (χ0) is 19.1. The van der Waals surface area contributed by atoms with Crippen LogP contribution in [0.15, 0.2) is 23.2 Å². The van der Waals surface area contributed by atoms with Crippen molar-refractivity contribution in [3.63, 3.8) is 0 Å². The van der Waals surface area contributed by atoms with Gasteiger partial charge in [0.15, 0.2) is 15.0 Å². The zero-order valence-corrected chi connectivity index (χ0v) is 15.7. The van der Waals surface area contributed by atoms with Crippen molar-refractivity contribution in [3.05, 3.63) is 29.0 Å². The molecule has 11 heteroatoms. The second-order valence-corrected chi connectivity index (χ2v) is 9.72. The van der Waals surface area contributed by atoms with Gasteiger partial charge in [-0.3, -0.25) is 9.59 Å². The van der Waals surface area contributed by atoms with Gasteiger partial charge in [0.2, 0.25) is 5.91 Å². The van der Waals surface area contributed by atoms with Crippen molar-refractivity contribution in [2.45, 2.75) is 24.1 Å². The molecule has 2 fully saturated rings. The highest BCUT2D eigenvalue weighted by Crippen LogP contribution is 2.41. The number of benzene rings is 1. The molecule has 2 saturated heterocycles. The van der Waals surface area contributed by atoms with Gasteiger partial charge < -0.3 is 10.0 Å². The minimum absolute atomic E-state index is 0.0583. The van der Waals surface area contributed by atoms with E-state index in [1.165, 1.54) is 17.0 Å². The fourth-order valence-corrected chi connectivity index (χ4v) is 6.93. The first-order valence-corrected chi connectivity index (χ1v) is 10.7. The SMILES string of the molecule is O=C(O)CCC(=O)N=C1S[C@H]2CS(=O)(=O)C[C@H]2N1c1ccc(Cl)c(F)c1. The lowest BCUT2D eigenvalue weighted by atomic mass is 10.2. The fourth-order valence-electron chi connectivity index (χ4n) is 2.88. The summed E-state index contributed by atoms with van der Waals surface area (Å²) in [6, 6.07) is 3.55. The molecule has 1 aromatic carbocycles. The number of nitrogens with zero attached hydrogens (tertiary/aromatic N) is 2. The number of carboxylic acid groups (broad SMARTS) is 1. The molecule has 0 unspecified atom stereocenters. The monoisotopic (exact) mass is 420 g/mol. The van der Waals surface area contributed by atoms with Gasteiger partial charge in [0.25, 0.3) is 0 Å². The number of carbonyl (C=O) groups excluding carboxylic acids is 1. The molecule has 7 nitrogen and oxygen atoms in total. The van der Waals surface area contributed by atoms with Crippen LogP contribution in [0.3, 0.4) is 0 Å². The number of hydrogen-bond donors (Lipinski definition) is 1. The second-order valence-electron chi connectivity index (χ2n) is 5.95. The van der Waals surface area contributed by atoms with E-state index in [1.807, 2.05) is 0 Å². The Morgan fingerprint density at radius 1 is 1.35 bits per heavy atom. The predicted molar refractivity (Wildman–Crippen MR) is 97.0 cm³/mol. The summed E-state index contributed by atoms with van der Waals surface area (Å²) in [4.78, 5) is 28.0. The van der Waals surface area contributed by atoms with Gasteiger partial charge >= 0.3 is 5.97 Å². The molecule has 2 aliphatic heterocycles. The maximum absolute atomic E-state index is 13.9. The molecule has 140 valence electrons. The Balaban J connectivity index is 1.94. The number of sulfone groups is 1. The van der Waals surface area contributed by atoms with E-state index >= 15 is 0 Å². The van der Waals surface area contributed by atoms with Gasteiger partial charge in [-0.1, -0.05) is 23.4 Å². The van der Waals surface area contributed by atoms with E-state index in [2.05, 4.69) is 4.99 Å². The van der Waals surface area contributed by atoms with Crippen molar-refractivity contribution in [2.24, 2.45) is 4.99 Å². The van der Waals surface area contributed by atoms with E-state index in [1.54, 1.807) is 0 Å². The second kappa shape index (κ2) is 7.16. The first-order valence-electron chi connectivity index (χ1n) is 7.61. The number of aliphatic carboxylic acids is 1. The lowest BCUT2D eigenvalue weighted by molar-refractivity contribution is -0.138. The van der Waals surface area contributed by atoms with Gasteiger partial charge in [-0.15, -0.1) is 0 Å². The zero-order valence-electron chi connectivity index (χ0n) is 13.3. The molecular formula is C15H14ClFN2O5S2. The Labute approximate surface area is 158 Å². The maximum atomic E-state index is 13.9. The van der Waals surface area contributed by atoms with E-state index in [9.17, 15) is 22.4 Å². The average molecular weight is 421 g/mol. The van der Waals surface area contributed by atoms with Crippen LogP contribution in [0.25, 0.3) is 0 Å². The third kappa shape index (κ3) is 4.02. The van der Waals surface area contributed by atoms with E-state index in [-0.39, 0.29) is 39.8 Å². The van der Waals surface area contributed by atoms with Crippen LogP contribution in [0.5, 0.6) is 0 Å². The molecule has 1 amide bonds. The lowest BCUT2D eigenvalue weighted by Crippen LogP contribution is -2.37. The lowest BCUT2D eigenvalue weighted by Gasteiger charge is -2.24. The number of anilines is 1. The van der Waals surface area contributed by atoms with Crippen LogP contribution in [0.4, 0.5) is 10.1 Å². The number of amidine groups is 1. The fraction of sp³-hybridized carbons (Fsp3) is 0.400. The summed E-state index contributed by atoms with van der Waals surface area (Å²) in [6.45, 7) is 0. The largest absolute Gasteiger partial charge is 0.481 e. The molecule has 1 N–H and O–H groups in total. The Hall–Kier alpha value is -1.65. The summed E-state index contributed by atoms with van der Waals surface area (Å²) < 4.78 is 37.8. The molecular weight excluding hydrogens is 407 g/mol. The van der Waals surface area contributed by atoms with Crippen LogP contribution < -0.4 is 4.90 Å².